The first kappa shape index (κ1) is 9.64. The van der Waals surface area contributed by atoms with Crippen LogP contribution in [-0.4, -0.2) is 17.3 Å². The maximum atomic E-state index is 11.3. The van der Waals surface area contributed by atoms with E-state index in [9.17, 15) is 4.79 Å². The summed E-state index contributed by atoms with van der Waals surface area (Å²) in [4.78, 5) is 11.3. The lowest BCUT2D eigenvalue weighted by atomic mass is 10.2. The van der Waals surface area contributed by atoms with Gasteiger partial charge in [0.25, 0.3) is 0 Å². The molecule has 0 saturated heterocycles. The quantitative estimate of drug-likeness (QED) is 0.548. The van der Waals surface area contributed by atoms with Gasteiger partial charge in [-0.1, -0.05) is 0 Å². The van der Waals surface area contributed by atoms with Crippen molar-refractivity contribution in [2.24, 2.45) is 0 Å². The lowest BCUT2D eigenvalue weighted by Crippen LogP contribution is -2.13. The molecule has 0 aliphatic heterocycles. The van der Waals surface area contributed by atoms with Crippen LogP contribution in [0, 0.1) is 13.8 Å². The van der Waals surface area contributed by atoms with E-state index in [1.807, 2.05) is 6.92 Å². The molecule has 0 fully saturated rings. The Kier molecular flexibility index (Phi) is 2.60. The van der Waals surface area contributed by atoms with Gasteiger partial charge in [-0.25, -0.2) is 4.79 Å². The number of hydrogen-bond acceptors (Lipinski definition) is 3. The van der Waals surface area contributed by atoms with Gasteiger partial charge >= 0.3 is 5.97 Å². The first-order valence-electron chi connectivity index (χ1n) is 4.19. The Bertz CT molecular complexity index is 329. The molecule has 2 N–H and O–H groups in total. The molecule has 1 rings (SSSR count). The normalized spacial score (nSPS) is 10.1. The fourth-order valence-corrected chi connectivity index (χ4v) is 1.19. The predicted octanol–water partition coefficient (Wildman–Crippen LogP) is 0.995. The van der Waals surface area contributed by atoms with Crippen molar-refractivity contribution in [3.8, 4) is 0 Å². The summed E-state index contributed by atoms with van der Waals surface area (Å²) < 4.78 is 6.35. The SMILES string of the molecule is CCOC(=O)c1cc(C)n(N)c1C. The summed E-state index contributed by atoms with van der Waals surface area (Å²) in [6, 6.07) is 1.73. The van der Waals surface area contributed by atoms with Crippen LogP contribution in [0.5, 0.6) is 0 Å². The van der Waals surface area contributed by atoms with Crippen molar-refractivity contribution in [3.05, 3.63) is 23.0 Å². The highest BCUT2D eigenvalue weighted by molar-refractivity contribution is 5.91. The van der Waals surface area contributed by atoms with Crippen LogP contribution in [0.4, 0.5) is 0 Å². The van der Waals surface area contributed by atoms with Crippen molar-refractivity contribution >= 4 is 5.97 Å². The Hall–Kier alpha value is -1.45. The van der Waals surface area contributed by atoms with Gasteiger partial charge in [-0.2, -0.15) is 0 Å². The third kappa shape index (κ3) is 1.66. The number of carbonyl (C=O) groups is 1. The number of aromatic nitrogens is 1. The molecule has 72 valence electrons. The second-order valence-corrected chi connectivity index (χ2v) is 2.88. The van der Waals surface area contributed by atoms with Crippen LogP contribution in [0.1, 0.15) is 28.7 Å². The fraction of sp³-hybridized carbons (Fsp3) is 0.444. The standard InChI is InChI=1S/C9H14N2O2/c1-4-13-9(12)8-5-6(2)11(10)7(8)3/h5H,4,10H2,1-3H3. The summed E-state index contributed by atoms with van der Waals surface area (Å²) in [5.74, 6) is 5.33. The molecule has 0 aliphatic rings. The summed E-state index contributed by atoms with van der Waals surface area (Å²) in [6.07, 6.45) is 0. The number of nitrogens with zero attached hydrogens (tertiary/aromatic N) is 1. The average Bonchev–Trinajstić information content (AvgIpc) is 2.33. The van der Waals surface area contributed by atoms with E-state index in [-0.39, 0.29) is 5.97 Å². The van der Waals surface area contributed by atoms with Crippen LogP contribution in [0.2, 0.25) is 0 Å². The molecule has 1 aromatic rings. The largest absolute Gasteiger partial charge is 0.462 e. The topological polar surface area (TPSA) is 57.2 Å². The maximum Gasteiger partial charge on any atom is 0.340 e. The number of hydrogen-bond donors (Lipinski definition) is 1. The minimum Gasteiger partial charge on any atom is -0.462 e. The number of carbonyl (C=O) groups excluding carboxylic acids is 1. The van der Waals surface area contributed by atoms with Crippen molar-refractivity contribution in [1.29, 1.82) is 0 Å². The summed E-state index contributed by atoms with van der Waals surface area (Å²) in [7, 11) is 0. The highest BCUT2D eigenvalue weighted by Crippen LogP contribution is 2.12. The van der Waals surface area contributed by atoms with E-state index in [1.54, 1.807) is 19.9 Å². The van der Waals surface area contributed by atoms with E-state index in [0.29, 0.717) is 12.2 Å². The van der Waals surface area contributed by atoms with Crippen LogP contribution < -0.4 is 5.84 Å². The molecule has 0 bridgehead atoms. The van der Waals surface area contributed by atoms with Crippen LogP contribution in [0.3, 0.4) is 0 Å². The molecule has 0 amide bonds. The van der Waals surface area contributed by atoms with Crippen LogP contribution in [0.15, 0.2) is 6.07 Å². The van der Waals surface area contributed by atoms with E-state index in [2.05, 4.69) is 0 Å². The van der Waals surface area contributed by atoms with E-state index < -0.39 is 0 Å². The predicted molar refractivity (Wildman–Crippen MR) is 50.0 cm³/mol. The average molecular weight is 182 g/mol. The molecule has 0 radical (unpaired) electrons. The number of nitrogens with two attached hydrogens (primary N) is 1. The number of esters is 1. The van der Waals surface area contributed by atoms with Crippen molar-refractivity contribution in [2.75, 3.05) is 12.4 Å². The third-order valence-electron chi connectivity index (χ3n) is 1.98. The third-order valence-corrected chi connectivity index (χ3v) is 1.98. The first-order chi connectivity index (χ1) is 6.07. The molecule has 0 atom stereocenters. The molecule has 0 spiro atoms. The van der Waals surface area contributed by atoms with Gasteiger partial charge < -0.3 is 10.6 Å². The Morgan fingerprint density at radius 1 is 1.62 bits per heavy atom. The first-order valence-corrected chi connectivity index (χ1v) is 4.19. The lowest BCUT2D eigenvalue weighted by Gasteiger charge is -2.01. The van der Waals surface area contributed by atoms with Gasteiger partial charge in [-0.05, 0) is 26.8 Å². The second-order valence-electron chi connectivity index (χ2n) is 2.88. The zero-order valence-corrected chi connectivity index (χ0v) is 8.13. The van der Waals surface area contributed by atoms with Crippen LogP contribution >= 0.6 is 0 Å². The van der Waals surface area contributed by atoms with Gasteiger partial charge in [-0.3, -0.25) is 4.68 Å². The highest BCUT2D eigenvalue weighted by Gasteiger charge is 2.14. The molecular weight excluding hydrogens is 168 g/mol. The number of ether oxygens (including phenoxy) is 1. The summed E-state index contributed by atoms with van der Waals surface area (Å²) in [5, 5.41) is 0. The number of rotatable bonds is 2. The van der Waals surface area contributed by atoms with Gasteiger partial charge in [0.1, 0.15) is 0 Å². The lowest BCUT2D eigenvalue weighted by molar-refractivity contribution is 0.0525. The maximum absolute atomic E-state index is 11.3. The molecule has 13 heavy (non-hydrogen) atoms. The Morgan fingerprint density at radius 2 is 2.23 bits per heavy atom. The molecular formula is C9H14N2O2. The van der Waals surface area contributed by atoms with Crippen LogP contribution in [0.25, 0.3) is 0 Å². The molecule has 1 heterocycles. The summed E-state index contributed by atoms with van der Waals surface area (Å²) >= 11 is 0. The van der Waals surface area contributed by atoms with Crippen molar-refractivity contribution in [3.63, 3.8) is 0 Å². The minimum atomic E-state index is -0.313. The molecule has 0 saturated carbocycles. The van der Waals surface area contributed by atoms with Gasteiger partial charge in [0.05, 0.1) is 17.9 Å². The second kappa shape index (κ2) is 3.51. The molecule has 0 aromatic carbocycles. The number of nitrogen functional groups attached to an aromatic ring is 1. The van der Waals surface area contributed by atoms with E-state index in [4.69, 9.17) is 10.6 Å². The molecule has 4 heteroatoms. The Balaban J connectivity index is 3.01. The van der Waals surface area contributed by atoms with Crippen molar-refractivity contribution < 1.29 is 9.53 Å². The summed E-state index contributed by atoms with van der Waals surface area (Å²) in [5.41, 5.74) is 2.12. The van der Waals surface area contributed by atoms with E-state index in [1.165, 1.54) is 4.68 Å². The van der Waals surface area contributed by atoms with Crippen molar-refractivity contribution in [2.45, 2.75) is 20.8 Å². The van der Waals surface area contributed by atoms with Gasteiger partial charge in [0, 0.05) is 5.69 Å². The smallest absolute Gasteiger partial charge is 0.340 e. The highest BCUT2D eigenvalue weighted by atomic mass is 16.5. The Morgan fingerprint density at radius 3 is 2.62 bits per heavy atom. The van der Waals surface area contributed by atoms with E-state index >= 15 is 0 Å². The summed E-state index contributed by atoms with van der Waals surface area (Å²) in [6.45, 7) is 5.79. The zero-order valence-electron chi connectivity index (χ0n) is 8.13. The monoisotopic (exact) mass is 182 g/mol. The van der Waals surface area contributed by atoms with Gasteiger partial charge in [0.2, 0.25) is 0 Å². The fourth-order valence-electron chi connectivity index (χ4n) is 1.19. The van der Waals surface area contributed by atoms with Crippen LogP contribution in [-0.2, 0) is 4.74 Å². The van der Waals surface area contributed by atoms with E-state index in [0.717, 1.165) is 11.4 Å². The van der Waals surface area contributed by atoms with Gasteiger partial charge in [0.15, 0.2) is 0 Å². The zero-order chi connectivity index (χ0) is 10.0. The minimum absolute atomic E-state index is 0.313. The van der Waals surface area contributed by atoms with Gasteiger partial charge in [-0.15, -0.1) is 0 Å². The number of aryl methyl sites for hydroxylation is 1. The molecule has 1 aromatic heterocycles. The Labute approximate surface area is 77.3 Å². The van der Waals surface area contributed by atoms with Crippen molar-refractivity contribution in [1.82, 2.24) is 4.68 Å². The molecule has 0 aliphatic carbocycles. The molecule has 0 unspecified atom stereocenters. The molecule has 4 nitrogen and oxygen atoms in total.